The van der Waals surface area contributed by atoms with E-state index >= 15 is 0 Å². The number of carbonyl (C=O) groups excluding carboxylic acids is 1. The number of hydrogen-bond donors (Lipinski definition) is 1. The average Bonchev–Trinajstić information content (AvgIpc) is 2.58. The first-order valence-corrected chi connectivity index (χ1v) is 5.42. The Hall–Kier alpha value is -1.85. The molecule has 0 saturated heterocycles. The standard InChI is InChI=1S/C11H15FN4O/c1-6-5-15-9(4-10(13)14-15)8(3)16(6)11(17)7(2)12/h4,6,8H,2,5H2,1,3H3,(H2,13,14). The second-order valence-electron chi connectivity index (χ2n) is 4.32. The van der Waals surface area contributed by atoms with Crippen LogP contribution in [0.25, 0.3) is 0 Å². The SMILES string of the molecule is C=C(F)C(=O)N1C(C)Cn2nc(N)cc2C1C. The zero-order valence-corrected chi connectivity index (χ0v) is 9.85. The largest absolute Gasteiger partial charge is 0.382 e. The molecule has 1 amide bonds. The smallest absolute Gasteiger partial charge is 0.282 e. The maximum absolute atomic E-state index is 13.0. The minimum atomic E-state index is -0.940. The molecule has 1 aromatic rings. The number of halogens is 1. The number of hydrogen-bond acceptors (Lipinski definition) is 3. The van der Waals surface area contributed by atoms with Crippen LogP contribution in [-0.2, 0) is 11.3 Å². The van der Waals surface area contributed by atoms with Crippen molar-refractivity contribution in [2.45, 2.75) is 32.5 Å². The highest BCUT2D eigenvalue weighted by Crippen LogP contribution is 2.30. The zero-order chi connectivity index (χ0) is 12.7. The predicted molar refractivity (Wildman–Crippen MR) is 61.6 cm³/mol. The topological polar surface area (TPSA) is 64.2 Å². The highest BCUT2D eigenvalue weighted by Gasteiger charge is 2.34. The number of aromatic nitrogens is 2. The van der Waals surface area contributed by atoms with Crippen molar-refractivity contribution in [1.29, 1.82) is 0 Å². The van der Waals surface area contributed by atoms with E-state index < -0.39 is 11.7 Å². The van der Waals surface area contributed by atoms with E-state index in [1.54, 1.807) is 10.7 Å². The third kappa shape index (κ3) is 1.79. The Morgan fingerprint density at radius 1 is 1.65 bits per heavy atom. The molecule has 92 valence electrons. The van der Waals surface area contributed by atoms with Crippen LogP contribution in [0.3, 0.4) is 0 Å². The molecule has 2 rings (SSSR count). The molecule has 5 nitrogen and oxygen atoms in total. The average molecular weight is 238 g/mol. The van der Waals surface area contributed by atoms with Crippen LogP contribution in [0.4, 0.5) is 10.2 Å². The Labute approximate surface area is 98.7 Å². The normalized spacial score (nSPS) is 23.4. The van der Waals surface area contributed by atoms with Crippen LogP contribution in [0, 0.1) is 0 Å². The lowest BCUT2D eigenvalue weighted by atomic mass is 10.1. The molecule has 0 saturated carbocycles. The maximum atomic E-state index is 13.0. The van der Waals surface area contributed by atoms with Crippen LogP contribution in [0.15, 0.2) is 18.5 Å². The fraction of sp³-hybridized carbons (Fsp3) is 0.455. The maximum Gasteiger partial charge on any atom is 0.282 e. The Morgan fingerprint density at radius 2 is 2.29 bits per heavy atom. The fourth-order valence-corrected chi connectivity index (χ4v) is 2.31. The van der Waals surface area contributed by atoms with E-state index in [0.29, 0.717) is 12.4 Å². The highest BCUT2D eigenvalue weighted by atomic mass is 19.1. The molecule has 0 fully saturated rings. The lowest BCUT2D eigenvalue weighted by Crippen LogP contribution is -2.47. The predicted octanol–water partition coefficient (Wildman–Crippen LogP) is 1.24. The van der Waals surface area contributed by atoms with Gasteiger partial charge in [0.2, 0.25) is 0 Å². The van der Waals surface area contributed by atoms with Crippen molar-refractivity contribution in [2.24, 2.45) is 0 Å². The molecule has 1 aliphatic heterocycles. The van der Waals surface area contributed by atoms with E-state index in [9.17, 15) is 9.18 Å². The number of fused-ring (bicyclic) bond motifs is 1. The molecular formula is C11H15FN4O. The molecule has 2 N–H and O–H groups in total. The molecule has 17 heavy (non-hydrogen) atoms. The highest BCUT2D eigenvalue weighted by molar-refractivity contribution is 5.91. The second kappa shape index (κ2) is 3.87. The summed E-state index contributed by atoms with van der Waals surface area (Å²) in [6.45, 7) is 7.23. The fourth-order valence-electron chi connectivity index (χ4n) is 2.31. The number of nitrogen functional groups attached to an aromatic ring is 1. The lowest BCUT2D eigenvalue weighted by molar-refractivity contribution is -0.134. The van der Waals surface area contributed by atoms with Crippen molar-refractivity contribution < 1.29 is 9.18 Å². The molecule has 1 aliphatic rings. The second-order valence-corrected chi connectivity index (χ2v) is 4.32. The monoisotopic (exact) mass is 238 g/mol. The Balaban J connectivity index is 2.39. The van der Waals surface area contributed by atoms with Crippen molar-refractivity contribution >= 4 is 11.7 Å². The van der Waals surface area contributed by atoms with Crippen LogP contribution in [0.5, 0.6) is 0 Å². The van der Waals surface area contributed by atoms with Crippen LogP contribution >= 0.6 is 0 Å². The van der Waals surface area contributed by atoms with Gasteiger partial charge in [-0.2, -0.15) is 5.10 Å². The summed E-state index contributed by atoms with van der Waals surface area (Å²) in [5, 5.41) is 4.13. The minimum Gasteiger partial charge on any atom is -0.382 e. The summed E-state index contributed by atoms with van der Waals surface area (Å²) < 4.78 is 14.7. The first-order chi connectivity index (χ1) is 7.91. The third-order valence-corrected chi connectivity index (χ3v) is 3.05. The molecule has 0 spiro atoms. The van der Waals surface area contributed by atoms with Gasteiger partial charge in [0.1, 0.15) is 5.82 Å². The van der Waals surface area contributed by atoms with Crippen LogP contribution in [0.2, 0.25) is 0 Å². The number of amides is 1. The van der Waals surface area contributed by atoms with E-state index in [1.807, 2.05) is 13.8 Å². The van der Waals surface area contributed by atoms with Gasteiger partial charge in [-0.1, -0.05) is 6.58 Å². The van der Waals surface area contributed by atoms with E-state index in [-0.39, 0.29) is 12.1 Å². The molecule has 0 aliphatic carbocycles. The molecular weight excluding hydrogens is 223 g/mol. The van der Waals surface area contributed by atoms with E-state index in [0.717, 1.165) is 5.69 Å². The van der Waals surface area contributed by atoms with Crippen molar-refractivity contribution in [3.8, 4) is 0 Å². The summed E-state index contributed by atoms with van der Waals surface area (Å²) in [4.78, 5) is 13.2. The van der Waals surface area contributed by atoms with E-state index in [2.05, 4.69) is 11.7 Å². The van der Waals surface area contributed by atoms with Crippen molar-refractivity contribution in [1.82, 2.24) is 14.7 Å². The molecule has 0 bridgehead atoms. The Morgan fingerprint density at radius 3 is 2.88 bits per heavy atom. The minimum absolute atomic E-state index is 0.142. The summed E-state index contributed by atoms with van der Waals surface area (Å²) >= 11 is 0. The van der Waals surface area contributed by atoms with Gasteiger partial charge in [-0.15, -0.1) is 0 Å². The summed E-state index contributed by atoms with van der Waals surface area (Å²) in [7, 11) is 0. The number of anilines is 1. The zero-order valence-electron chi connectivity index (χ0n) is 9.85. The number of carbonyl (C=O) groups is 1. The molecule has 2 heterocycles. The van der Waals surface area contributed by atoms with Gasteiger partial charge in [-0.25, -0.2) is 4.39 Å². The summed E-state index contributed by atoms with van der Waals surface area (Å²) in [6, 6.07) is 1.30. The molecule has 6 heteroatoms. The van der Waals surface area contributed by atoms with E-state index in [1.165, 1.54) is 4.90 Å². The molecule has 1 aromatic heterocycles. The van der Waals surface area contributed by atoms with Gasteiger partial charge in [0.25, 0.3) is 5.91 Å². The first kappa shape index (κ1) is 11.6. The van der Waals surface area contributed by atoms with Crippen LogP contribution in [-0.4, -0.2) is 26.6 Å². The number of nitrogens with two attached hydrogens (primary N) is 1. The van der Waals surface area contributed by atoms with Gasteiger partial charge in [0.15, 0.2) is 5.83 Å². The van der Waals surface area contributed by atoms with Gasteiger partial charge >= 0.3 is 0 Å². The van der Waals surface area contributed by atoms with Crippen molar-refractivity contribution in [2.75, 3.05) is 5.73 Å². The summed E-state index contributed by atoms with van der Waals surface area (Å²) in [5.41, 5.74) is 6.44. The Kier molecular flexibility index (Phi) is 2.65. The lowest BCUT2D eigenvalue weighted by Gasteiger charge is -2.38. The van der Waals surface area contributed by atoms with Crippen LogP contribution in [0.1, 0.15) is 25.6 Å². The van der Waals surface area contributed by atoms with Crippen molar-refractivity contribution in [3.05, 3.63) is 24.2 Å². The quantitative estimate of drug-likeness (QED) is 0.749. The summed E-state index contributed by atoms with van der Waals surface area (Å²) in [6.07, 6.45) is 0. The third-order valence-electron chi connectivity index (χ3n) is 3.05. The van der Waals surface area contributed by atoms with Gasteiger partial charge in [0, 0.05) is 12.1 Å². The Bertz CT molecular complexity index is 482. The van der Waals surface area contributed by atoms with Crippen molar-refractivity contribution in [3.63, 3.8) is 0 Å². The van der Waals surface area contributed by atoms with Gasteiger partial charge in [-0.05, 0) is 13.8 Å². The summed E-state index contributed by atoms with van der Waals surface area (Å²) in [5.74, 6) is -1.20. The molecule has 2 unspecified atom stereocenters. The van der Waals surface area contributed by atoms with Gasteiger partial charge in [0.05, 0.1) is 18.3 Å². The molecule has 0 radical (unpaired) electrons. The number of nitrogens with zero attached hydrogens (tertiary/aromatic N) is 3. The van der Waals surface area contributed by atoms with Crippen LogP contribution < -0.4 is 5.73 Å². The van der Waals surface area contributed by atoms with Gasteiger partial charge in [-0.3, -0.25) is 9.48 Å². The van der Waals surface area contributed by atoms with Gasteiger partial charge < -0.3 is 10.6 Å². The molecule has 2 atom stereocenters. The van der Waals surface area contributed by atoms with E-state index in [4.69, 9.17) is 5.73 Å². The molecule has 0 aromatic carbocycles. The first-order valence-electron chi connectivity index (χ1n) is 5.42. The number of rotatable bonds is 1.